The third-order valence-electron chi connectivity index (χ3n) is 26.2. The zero-order chi connectivity index (χ0) is 60.0. The highest BCUT2D eigenvalue weighted by atomic mass is 14.7. The smallest absolute Gasteiger partial charge is 0.0210 e. The highest BCUT2D eigenvalue weighted by molar-refractivity contribution is 5.11. The second-order valence-corrected chi connectivity index (χ2v) is 35.3. The average Bonchev–Trinajstić information content (AvgIpc) is 3.39. The van der Waals surface area contributed by atoms with Gasteiger partial charge in [0.15, 0.2) is 0 Å². The SMILES string of the molecule is CC(C)C1CCCCC1.CC(C)C1CCCCC1.CCCC(C)CC(C)CC(C)CC(C)CC(C)CC(C)(C)C(C)(CC1CCC(C(C)C)CC1)C(C)(CC1CCC(C(C)C)CC1)C(C)(CC(C)CC)CC1CCC(C(C)C)CC1. The molecular weight excluding hydrogens is 961 g/mol. The highest BCUT2D eigenvalue weighted by Crippen LogP contribution is 2.70. The Labute approximate surface area is 509 Å². The standard InChI is InChI=1S/C62H120.2C9H18/c1-20-22-48(10)35-49(11)36-50(12)37-51(13)38-52(14)39-59(15,16)61(18,42-54-25-31-57(32-26-54)45(5)6)62(19,43-55-27-33-58(34-28-55)46(7)8)60(17,40-47(9)21-2)41-53-23-29-56(30-24-53)44(3)4;2*1-8(2)9-6-4-3-5-7-9/h44-58H,20-43H2,1-19H3;2*8-9H,3-7H2,1-2H3. The van der Waals surface area contributed by atoms with Crippen LogP contribution in [-0.2, 0) is 0 Å². The first-order valence-corrected chi connectivity index (χ1v) is 37.5. The van der Waals surface area contributed by atoms with Crippen LogP contribution in [-0.4, -0.2) is 0 Å². The van der Waals surface area contributed by atoms with E-state index in [1.807, 2.05) is 0 Å². The summed E-state index contributed by atoms with van der Waals surface area (Å²) < 4.78 is 0. The van der Waals surface area contributed by atoms with E-state index < -0.39 is 0 Å². The molecule has 0 heteroatoms. The molecule has 5 aliphatic carbocycles. The van der Waals surface area contributed by atoms with Crippen LogP contribution in [0.15, 0.2) is 0 Å². The molecule has 0 nitrogen and oxygen atoms in total. The van der Waals surface area contributed by atoms with Crippen LogP contribution >= 0.6 is 0 Å². The monoisotopic (exact) mass is 1120 g/mol. The summed E-state index contributed by atoms with van der Waals surface area (Å²) >= 11 is 0. The lowest BCUT2D eigenvalue weighted by atomic mass is 9.38. The van der Waals surface area contributed by atoms with Crippen LogP contribution in [0.5, 0.6) is 0 Å². The Kier molecular flexibility index (Phi) is 33.7. The summed E-state index contributed by atoms with van der Waals surface area (Å²) in [7, 11) is 0. The van der Waals surface area contributed by atoms with Crippen molar-refractivity contribution in [1.29, 1.82) is 0 Å². The van der Waals surface area contributed by atoms with Gasteiger partial charge in [0, 0.05) is 0 Å². The summed E-state index contributed by atoms with van der Waals surface area (Å²) in [5.41, 5.74) is 1.17. The molecule has 0 spiro atoms. The van der Waals surface area contributed by atoms with Gasteiger partial charge in [-0.3, -0.25) is 0 Å². The average molecular weight is 1120 g/mol. The molecular formula is C80H156. The van der Waals surface area contributed by atoms with Crippen molar-refractivity contribution in [2.45, 2.75) is 378 Å². The highest BCUT2D eigenvalue weighted by Gasteiger charge is 2.62. The molecule has 5 saturated carbocycles. The fraction of sp³-hybridized carbons (Fsp3) is 1.00. The van der Waals surface area contributed by atoms with Crippen LogP contribution in [0.1, 0.15) is 378 Å². The van der Waals surface area contributed by atoms with Gasteiger partial charge in [0.05, 0.1) is 0 Å². The van der Waals surface area contributed by atoms with Gasteiger partial charge in [-0.1, -0.05) is 281 Å². The van der Waals surface area contributed by atoms with Gasteiger partial charge in [0.1, 0.15) is 0 Å². The lowest BCUT2D eigenvalue weighted by Crippen LogP contribution is -2.58. The molecule has 0 saturated heterocycles. The Morgan fingerprint density at radius 2 is 0.600 bits per heavy atom. The maximum atomic E-state index is 3.00. The molecule has 0 aromatic heterocycles. The van der Waals surface area contributed by atoms with Gasteiger partial charge >= 0.3 is 0 Å². The third kappa shape index (κ3) is 23.9. The number of hydrogen-bond acceptors (Lipinski definition) is 0. The van der Waals surface area contributed by atoms with Crippen LogP contribution in [0.25, 0.3) is 0 Å². The molecule has 80 heavy (non-hydrogen) atoms. The van der Waals surface area contributed by atoms with E-state index >= 15 is 0 Å². The Balaban J connectivity index is 0.000000781. The molecule has 0 heterocycles. The van der Waals surface area contributed by atoms with E-state index in [0.29, 0.717) is 5.41 Å². The van der Waals surface area contributed by atoms with E-state index in [0.717, 1.165) is 112 Å². The predicted molar refractivity (Wildman–Crippen MR) is 364 cm³/mol. The van der Waals surface area contributed by atoms with Crippen LogP contribution < -0.4 is 0 Å². The van der Waals surface area contributed by atoms with Crippen molar-refractivity contribution >= 4 is 0 Å². The molecule has 0 radical (unpaired) electrons. The first-order chi connectivity index (χ1) is 37.5. The van der Waals surface area contributed by atoms with Crippen molar-refractivity contribution in [2.75, 3.05) is 0 Å². The normalized spacial score (nSPS) is 28.6. The van der Waals surface area contributed by atoms with Crippen LogP contribution in [0, 0.1) is 134 Å². The van der Waals surface area contributed by atoms with E-state index in [2.05, 4.69) is 159 Å². The van der Waals surface area contributed by atoms with E-state index in [1.165, 1.54) is 218 Å². The largest absolute Gasteiger partial charge is 0.0654 e. The molecule has 9 unspecified atom stereocenters. The van der Waals surface area contributed by atoms with Gasteiger partial charge in [0.2, 0.25) is 0 Å². The van der Waals surface area contributed by atoms with Gasteiger partial charge in [-0.05, 0) is 230 Å². The van der Waals surface area contributed by atoms with Crippen molar-refractivity contribution < 1.29 is 0 Å². The molecule has 0 N–H and O–H groups in total. The van der Waals surface area contributed by atoms with E-state index in [9.17, 15) is 0 Å². The summed E-state index contributed by atoms with van der Waals surface area (Å²) in [6, 6.07) is 0. The molecule has 5 aliphatic rings. The third-order valence-corrected chi connectivity index (χ3v) is 26.2. The van der Waals surface area contributed by atoms with Gasteiger partial charge in [-0.15, -0.1) is 0 Å². The number of rotatable bonds is 29. The molecule has 476 valence electrons. The second-order valence-electron chi connectivity index (χ2n) is 35.3. The summed E-state index contributed by atoms with van der Waals surface area (Å²) in [6.07, 6.45) is 49.6. The van der Waals surface area contributed by atoms with Gasteiger partial charge in [-0.2, -0.15) is 0 Å². The Bertz CT molecular complexity index is 1500. The zero-order valence-electron chi connectivity index (χ0n) is 60.0. The summed E-state index contributed by atoms with van der Waals surface area (Å²) in [6.45, 7) is 59.6. The Hall–Kier alpha value is 0. The van der Waals surface area contributed by atoms with Crippen molar-refractivity contribution in [2.24, 2.45) is 134 Å². The molecule has 0 aromatic carbocycles. The topological polar surface area (TPSA) is 0 Å². The molecule has 0 aliphatic heterocycles. The lowest BCUT2D eigenvalue weighted by molar-refractivity contribution is -0.173. The molecule has 5 rings (SSSR count). The van der Waals surface area contributed by atoms with Crippen molar-refractivity contribution in [3.05, 3.63) is 0 Å². The quantitative estimate of drug-likeness (QED) is 0.0700. The van der Waals surface area contributed by atoms with Gasteiger partial charge in [0.25, 0.3) is 0 Å². The first-order valence-electron chi connectivity index (χ1n) is 37.5. The molecule has 5 fully saturated rings. The molecule has 0 bridgehead atoms. The van der Waals surface area contributed by atoms with Gasteiger partial charge < -0.3 is 0 Å². The minimum Gasteiger partial charge on any atom is -0.0654 e. The van der Waals surface area contributed by atoms with Crippen LogP contribution in [0.3, 0.4) is 0 Å². The predicted octanol–water partition coefficient (Wildman–Crippen LogP) is 27.4. The summed E-state index contributed by atoms with van der Waals surface area (Å²) in [5, 5.41) is 0. The summed E-state index contributed by atoms with van der Waals surface area (Å²) in [5.74, 6) is 17.0. The Morgan fingerprint density at radius 3 is 0.912 bits per heavy atom. The molecule has 0 amide bonds. The summed E-state index contributed by atoms with van der Waals surface area (Å²) in [4.78, 5) is 0. The van der Waals surface area contributed by atoms with Gasteiger partial charge in [-0.25, -0.2) is 0 Å². The van der Waals surface area contributed by atoms with Crippen LogP contribution in [0.2, 0.25) is 0 Å². The van der Waals surface area contributed by atoms with E-state index in [-0.39, 0.29) is 16.2 Å². The fourth-order valence-electron chi connectivity index (χ4n) is 20.2. The van der Waals surface area contributed by atoms with E-state index in [4.69, 9.17) is 0 Å². The van der Waals surface area contributed by atoms with Crippen molar-refractivity contribution in [3.8, 4) is 0 Å². The van der Waals surface area contributed by atoms with Crippen molar-refractivity contribution in [3.63, 3.8) is 0 Å². The van der Waals surface area contributed by atoms with E-state index in [1.54, 1.807) is 0 Å². The van der Waals surface area contributed by atoms with Crippen molar-refractivity contribution in [1.82, 2.24) is 0 Å². The maximum Gasteiger partial charge on any atom is -0.0210 e. The van der Waals surface area contributed by atoms with Crippen LogP contribution in [0.4, 0.5) is 0 Å². The molecule has 9 atom stereocenters. The minimum absolute atomic E-state index is 0.270. The Morgan fingerprint density at radius 1 is 0.300 bits per heavy atom. The zero-order valence-corrected chi connectivity index (χ0v) is 60.0. The molecule has 0 aromatic rings. The maximum absolute atomic E-state index is 3.00. The lowest BCUT2D eigenvalue weighted by Gasteiger charge is -2.66. The number of hydrogen-bond donors (Lipinski definition) is 0. The first kappa shape index (κ1) is 74.3. The second kappa shape index (κ2) is 36.3. The minimum atomic E-state index is 0.270. The fourth-order valence-corrected chi connectivity index (χ4v) is 20.2.